The van der Waals surface area contributed by atoms with Crippen LogP contribution in [0.5, 0.6) is 11.5 Å². The van der Waals surface area contributed by atoms with Gasteiger partial charge in [0, 0.05) is 39.3 Å². The largest absolute Gasteiger partial charge is 0.493 e. The molecule has 2 aromatic rings. The van der Waals surface area contributed by atoms with Crippen molar-refractivity contribution in [2.75, 3.05) is 108 Å². The first-order valence-electron chi connectivity index (χ1n) is 13.1. The smallest absolute Gasteiger partial charge is 0.260 e. The minimum Gasteiger partial charge on any atom is -0.493 e. The van der Waals surface area contributed by atoms with Gasteiger partial charge in [-0.2, -0.15) is 20.1 Å². The molecule has 1 aromatic heterocycles. The molecule has 5 rings (SSSR count). The minimum atomic E-state index is -0.0829. The molecule has 14 nitrogen and oxygen atoms in total. The van der Waals surface area contributed by atoms with E-state index in [1.54, 1.807) is 30.4 Å². The number of hydrogen-bond acceptors (Lipinski definition) is 13. The maximum atomic E-state index is 12.4. The summed E-state index contributed by atoms with van der Waals surface area (Å²) in [6.45, 7) is 7.52. The number of benzene rings is 1. The second kappa shape index (κ2) is 13.4. The standard InChI is InChI=1S/C25H34N8O6/c1-35-21-16-19(2-3-20(21)39-18-22(34)31-4-10-36-11-5-31)17-26-30-23-27-24(32-6-12-37-13-7-32)29-25(28-23)33-8-14-38-15-9-33/h2-3,16-17H,4-15,18H2,1H3,(H,27,28,29,30)/b26-17+. The number of aromatic nitrogens is 3. The molecule has 0 radical (unpaired) electrons. The van der Waals surface area contributed by atoms with Crippen LogP contribution >= 0.6 is 0 Å². The first-order valence-corrected chi connectivity index (χ1v) is 13.1. The quantitative estimate of drug-likeness (QED) is 0.343. The summed E-state index contributed by atoms with van der Waals surface area (Å²) in [5.74, 6) is 2.41. The predicted molar refractivity (Wildman–Crippen MR) is 143 cm³/mol. The van der Waals surface area contributed by atoms with E-state index in [-0.39, 0.29) is 12.5 Å². The molecule has 3 aliphatic rings. The lowest BCUT2D eigenvalue weighted by Crippen LogP contribution is -2.43. The van der Waals surface area contributed by atoms with E-state index in [4.69, 9.17) is 28.7 Å². The van der Waals surface area contributed by atoms with E-state index < -0.39 is 0 Å². The molecule has 0 unspecified atom stereocenters. The summed E-state index contributed by atoms with van der Waals surface area (Å²) < 4.78 is 27.5. The number of nitrogens with zero attached hydrogens (tertiary/aromatic N) is 7. The van der Waals surface area contributed by atoms with Crippen molar-refractivity contribution in [2.45, 2.75) is 0 Å². The van der Waals surface area contributed by atoms with Gasteiger partial charge in [0.05, 0.1) is 53.0 Å². The van der Waals surface area contributed by atoms with Gasteiger partial charge in [-0.25, -0.2) is 5.43 Å². The lowest BCUT2D eigenvalue weighted by Gasteiger charge is -2.30. The number of amides is 1. The number of carbonyl (C=O) groups excluding carboxylic acids is 1. The van der Waals surface area contributed by atoms with Crippen LogP contribution in [-0.2, 0) is 19.0 Å². The summed E-state index contributed by atoms with van der Waals surface area (Å²) in [6, 6.07) is 5.36. The molecule has 1 aromatic carbocycles. The Labute approximate surface area is 226 Å². The molecule has 39 heavy (non-hydrogen) atoms. The molecule has 1 N–H and O–H groups in total. The van der Waals surface area contributed by atoms with Crippen LogP contribution in [0, 0.1) is 0 Å². The Morgan fingerprint density at radius 1 is 0.897 bits per heavy atom. The predicted octanol–water partition coefficient (Wildman–Crippen LogP) is 0.237. The maximum absolute atomic E-state index is 12.4. The van der Waals surface area contributed by atoms with Gasteiger partial charge in [0.2, 0.25) is 17.8 Å². The highest BCUT2D eigenvalue weighted by Gasteiger charge is 2.21. The SMILES string of the molecule is COc1cc(/C=N/Nc2nc(N3CCOCC3)nc(N3CCOCC3)n2)ccc1OCC(=O)N1CCOCC1. The third-order valence-electron chi connectivity index (χ3n) is 6.48. The van der Waals surface area contributed by atoms with Crippen molar-refractivity contribution < 1.29 is 28.5 Å². The molecule has 14 heteroatoms. The van der Waals surface area contributed by atoms with Crippen LogP contribution in [-0.4, -0.2) is 125 Å². The van der Waals surface area contributed by atoms with E-state index in [9.17, 15) is 4.79 Å². The summed E-state index contributed by atoms with van der Waals surface area (Å²) in [7, 11) is 1.55. The van der Waals surface area contributed by atoms with Crippen LogP contribution in [0.25, 0.3) is 0 Å². The van der Waals surface area contributed by atoms with Gasteiger partial charge >= 0.3 is 0 Å². The highest BCUT2D eigenvalue weighted by molar-refractivity contribution is 5.81. The highest BCUT2D eigenvalue weighted by atomic mass is 16.5. The number of methoxy groups -OCH3 is 1. The molecule has 0 saturated carbocycles. The Morgan fingerprint density at radius 2 is 1.49 bits per heavy atom. The molecule has 4 heterocycles. The average Bonchev–Trinajstić information content (AvgIpc) is 3.01. The van der Waals surface area contributed by atoms with Crippen LogP contribution < -0.4 is 24.7 Å². The number of carbonyl (C=O) groups is 1. The molecule has 0 spiro atoms. The molecular weight excluding hydrogens is 508 g/mol. The van der Waals surface area contributed by atoms with Crippen molar-refractivity contribution in [3.63, 3.8) is 0 Å². The normalized spacial score (nSPS) is 18.3. The number of rotatable bonds is 9. The molecule has 1 amide bonds. The van der Waals surface area contributed by atoms with E-state index >= 15 is 0 Å². The lowest BCUT2D eigenvalue weighted by molar-refractivity contribution is -0.137. The van der Waals surface area contributed by atoms with E-state index in [2.05, 4.69) is 30.3 Å². The number of hydrazone groups is 1. The van der Waals surface area contributed by atoms with Crippen molar-refractivity contribution in [3.8, 4) is 11.5 Å². The molecule has 3 fully saturated rings. The van der Waals surface area contributed by atoms with Gasteiger partial charge in [-0.05, 0) is 23.8 Å². The number of ether oxygens (including phenoxy) is 5. The second-order valence-corrected chi connectivity index (χ2v) is 9.02. The molecule has 0 atom stereocenters. The van der Waals surface area contributed by atoms with Gasteiger partial charge in [-0.3, -0.25) is 4.79 Å². The van der Waals surface area contributed by atoms with Gasteiger partial charge in [0.1, 0.15) is 0 Å². The monoisotopic (exact) mass is 542 g/mol. The Morgan fingerprint density at radius 3 is 2.08 bits per heavy atom. The number of hydrogen-bond donors (Lipinski definition) is 1. The van der Waals surface area contributed by atoms with Gasteiger partial charge in [-0.1, -0.05) is 0 Å². The van der Waals surface area contributed by atoms with Crippen LogP contribution in [0.4, 0.5) is 17.8 Å². The molecular formula is C25H34N8O6. The fourth-order valence-electron chi connectivity index (χ4n) is 4.31. The number of nitrogens with one attached hydrogen (secondary N) is 1. The molecule has 3 aliphatic heterocycles. The van der Waals surface area contributed by atoms with Crippen molar-refractivity contribution in [3.05, 3.63) is 23.8 Å². The number of anilines is 3. The Balaban J connectivity index is 1.24. The first kappa shape index (κ1) is 26.8. The summed E-state index contributed by atoms with van der Waals surface area (Å²) in [5, 5.41) is 4.34. The summed E-state index contributed by atoms with van der Waals surface area (Å²) in [6.07, 6.45) is 1.64. The van der Waals surface area contributed by atoms with Crippen molar-refractivity contribution >= 4 is 30.0 Å². The van der Waals surface area contributed by atoms with E-state index in [1.165, 1.54) is 0 Å². The lowest BCUT2D eigenvalue weighted by atomic mass is 10.2. The average molecular weight is 543 g/mol. The summed E-state index contributed by atoms with van der Waals surface area (Å²) >= 11 is 0. The Bertz CT molecular complexity index is 1100. The van der Waals surface area contributed by atoms with Crippen LogP contribution in [0.3, 0.4) is 0 Å². The van der Waals surface area contributed by atoms with E-state index in [0.29, 0.717) is 108 Å². The number of morpholine rings is 3. The van der Waals surface area contributed by atoms with Crippen molar-refractivity contribution in [1.82, 2.24) is 19.9 Å². The molecule has 3 saturated heterocycles. The minimum absolute atomic E-state index is 0.0678. The van der Waals surface area contributed by atoms with Crippen LogP contribution in [0.15, 0.2) is 23.3 Å². The van der Waals surface area contributed by atoms with E-state index in [0.717, 1.165) is 5.56 Å². The zero-order chi connectivity index (χ0) is 26.9. The first-order chi connectivity index (χ1) is 19.2. The molecule has 0 aliphatic carbocycles. The molecule has 0 bridgehead atoms. The Hall–Kier alpha value is -3.75. The maximum Gasteiger partial charge on any atom is 0.260 e. The van der Waals surface area contributed by atoms with Gasteiger partial charge in [-0.15, -0.1) is 0 Å². The van der Waals surface area contributed by atoms with Gasteiger partial charge < -0.3 is 38.4 Å². The van der Waals surface area contributed by atoms with Crippen molar-refractivity contribution in [2.24, 2.45) is 5.10 Å². The summed E-state index contributed by atoms with van der Waals surface area (Å²) in [4.78, 5) is 32.2. The summed E-state index contributed by atoms with van der Waals surface area (Å²) in [5.41, 5.74) is 3.71. The second-order valence-electron chi connectivity index (χ2n) is 9.02. The van der Waals surface area contributed by atoms with Gasteiger partial charge in [0.25, 0.3) is 5.91 Å². The van der Waals surface area contributed by atoms with Crippen LogP contribution in [0.1, 0.15) is 5.56 Å². The topological polar surface area (TPSA) is 136 Å². The zero-order valence-electron chi connectivity index (χ0n) is 22.1. The fourth-order valence-corrected chi connectivity index (χ4v) is 4.31. The van der Waals surface area contributed by atoms with Gasteiger partial charge in [0.15, 0.2) is 18.1 Å². The Kier molecular flexibility index (Phi) is 9.19. The van der Waals surface area contributed by atoms with Crippen molar-refractivity contribution in [1.29, 1.82) is 0 Å². The zero-order valence-corrected chi connectivity index (χ0v) is 22.1. The third kappa shape index (κ3) is 7.22. The fraction of sp³-hybridized carbons (Fsp3) is 0.560. The highest BCUT2D eigenvalue weighted by Crippen LogP contribution is 2.28. The third-order valence-corrected chi connectivity index (χ3v) is 6.48. The molecule has 210 valence electrons. The van der Waals surface area contributed by atoms with E-state index in [1.807, 2.05) is 6.07 Å². The van der Waals surface area contributed by atoms with Crippen LogP contribution in [0.2, 0.25) is 0 Å².